The van der Waals surface area contributed by atoms with Gasteiger partial charge < -0.3 is 0 Å². The summed E-state index contributed by atoms with van der Waals surface area (Å²) >= 11 is 0. The molecule has 0 aromatic heterocycles. The monoisotopic (exact) mass is 1030 g/mol. The Morgan fingerprint density at radius 1 is 0.122 bits per heavy atom. The van der Waals surface area contributed by atoms with Crippen molar-refractivity contribution < 1.29 is 0 Å². The van der Waals surface area contributed by atoms with E-state index >= 15 is 0 Å². The quantitative estimate of drug-likeness (QED) is 0.146. The van der Waals surface area contributed by atoms with Crippen LogP contribution in [0.25, 0.3) is 174 Å². The van der Waals surface area contributed by atoms with E-state index in [1.165, 1.54) is 174 Å². The van der Waals surface area contributed by atoms with Gasteiger partial charge in [0.2, 0.25) is 0 Å². The Labute approximate surface area is 475 Å². The van der Waals surface area contributed by atoms with E-state index in [0.717, 1.165) is 0 Å². The Morgan fingerprint density at radius 3 is 0.671 bits per heavy atom. The zero-order valence-electron chi connectivity index (χ0n) is 44.9. The topological polar surface area (TPSA) is 0 Å². The lowest BCUT2D eigenvalue weighted by molar-refractivity contribution is 1.63. The first-order valence-electron chi connectivity index (χ1n) is 28.6. The molecule has 82 heavy (non-hydrogen) atoms. The molecule has 0 atom stereocenters. The van der Waals surface area contributed by atoms with Crippen molar-refractivity contribution in [1.29, 1.82) is 0 Å². The zero-order chi connectivity index (χ0) is 53.8. The molecule has 0 aliphatic rings. The molecule has 0 radical (unpaired) electrons. The molecule has 378 valence electrons. The minimum atomic E-state index is 1.21. The van der Waals surface area contributed by atoms with E-state index in [2.05, 4.69) is 303 Å². The van der Waals surface area contributed by atoms with E-state index < -0.39 is 0 Å². The molecule has 17 aromatic carbocycles. The highest BCUT2D eigenvalue weighted by Gasteiger charge is 2.27. The van der Waals surface area contributed by atoms with E-state index in [4.69, 9.17) is 0 Å². The summed E-state index contributed by atoms with van der Waals surface area (Å²) in [4.78, 5) is 0. The Balaban J connectivity index is 0.963. The summed E-state index contributed by atoms with van der Waals surface area (Å²) < 4.78 is 0. The fraction of sp³-hybridized carbons (Fsp3) is 0. The zero-order valence-corrected chi connectivity index (χ0v) is 44.9. The molecule has 0 fully saturated rings. The van der Waals surface area contributed by atoms with E-state index in [-0.39, 0.29) is 0 Å². The van der Waals surface area contributed by atoms with E-state index in [9.17, 15) is 0 Å². The van der Waals surface area contributed by atoms with Crippen LogP contribution in [0, 0.1) is 0 Å². The van der Waals surface area contributed by atoms with Crippen molar-refractivity contribution in [2.75, 3.05) is 0 Å². The van der Waals surface area contributed by atoms with Gasteiger partial charge in [-0.05, 0) is 193 Å². The summed E-state index contributed by atoms with van der Waals surface area (Å²) in [7, 11) is 0. The minimum absolute atomic E-state index is 1.21. The average Bonchev–Trinajstić information content (AvgIpc) is 1.39. The first-order chi connectivity index (χ1) is 40.7. The van der Waals surface area contributed by atoms with Gasteiger partial charge in [-0.1, -0.05) is 285 Å². The van der Waals surface area contributed by atoms with E-state index in [1.807, 2.05) is 0 Å². The number of benzene rings is 17. The summed E-state index contributed by atoms with van der Waals surface area (Å²) in [5.74, 6) is 0. The summed E-state index contributed by atoms with van der Waals surface area (Å²) in [6.07, 6.45) is 0. The van der Waals surface area contributed by atoms with Gasteiger partial charge in [0, 0.05) is 0 Å². The highest BCUT2D eigenvalue weighted by molar-refractivity contribution is 6.35. The third-order valence-corrected chi connectivity index (χ3v) is 17.8. The fourth-order valence-electron chi connectivity index (χ4n) is 14.4. The van der Waals surface area contributed by atoms with Crippen LogP contribution in [0.3, 0.4) is 0 Å². The first-order valence-corrected chi connectivity index (χ1v) is 28.6. The van der Waals surface area contributed by atoms with Crippen LogP contribution in [0.5, 0.6) is 0 Å². The van der Waals surface area contributed by atoms with Gasteiger partial charge >= 0.3 is 0 Å². The molecule has 0 spiro atoms. The summed E-state index contributed by atoms with van der Waals surface area (Å²) in [6, 6.07) is 114. The van der Waals surface area contributed by atoms with E-state index in [1.54, 1.807) is 0 Å². The summed E-state index contributed by atoms with van der Waals surface area (Å²) in [5.41, 5.74) is 15.0. The van der Waals surface area contributed by atoms with E-state index in [0.29, 0.717) is 0 Å². The molecule has 0 bridgehead atoms. The van der Waals surface area contributed by atoms with Gasteiger partial charge in [-0.25, -0.2) is 0 Å². The van der Waals surface area contributed by atoms with Gasteiger partial charge in [0.1, 0.15) is 0 Å². The van der Waals surface area contributed by atoms with Gasteiger partial charge in [-0.3, -0.25) is 0 Å². The Kier molecular flexibility index (Phi) is 10.4. The standard InChI is InChI=1S/C82H50/c1-2-25-52(26-3-1)73-49-54-28-6-7-29-55(54)50-74(73)76-59-32-10-14-36-63(59)78(64-37-15-11-33-60(64)76)80-67-40-18-22-44-71(67)82(72-45-23-19-41-68(72)80)81-69-42-20-16-38-65(69)79(66-39-17-21-43-70(66)81)77-61-34-12-8-30-57(61)75(58-31-9-13-35-62(58)77)56-47-46-51-24-4-5-27-53(51)48-56/h1-50H. The summed E-state index contributed by atoms with van der Waals surface area (Å²) in [6.45, 7) is 0. The van der Waals surface area contributed by atoms with Crippen molar-refractivity contribution in [3.8, 4) is 66.8 Å². The van der Waals surface area contributed by atoms with Gasteiger partial charge in [-0.15, -0.1) is 0 Å². The summed E-state index contributed by atoms with van der Waals surface area (Å²) in [5, 5.41) is 24.7. The third-order valence-electron chi connectivity index (χ3n) is 17.8. The van der Waals surface area contributed by atoms with Crippen LogP contribution >= 0.6 is 0 Å². The van der Waals surface area contributed by atoms with Crippen LogP contribution in [0.4, 0.5) is 0 Å². The normalized spacial score (nSPS) is 11.9. The highest BCUT2D eigenvalue weighted by atomic mass is 14.3. The van der Waals surface area contributed by atoms with Crippen LogP contribution in [0.15, 0.2) is 303 Å². The lowest BCUT2D eigenvalue weighted by atomic mass is 9.78. The van der Waals surface area contributed by atoms with Crippen LogP contribution in [0.2, 0.25) is 0 Å². The Morgan fingerprint density at radius 2 is 0.354 bits per heavy atom. The van der Waals surface area contributed by atoms with Crippen molar-refractivity contribution in [3.05, 3.63) is 303 Å². The first kappa shape index (κ1) is 46.3. The number of hydrogen-bond acceptors (Lipinski definition) is 0. The SMILES string of the molecule is c1ccc(-c2cc3ccccc3cc2-c2c3ccccc3c(-c3c4ccccc4c(-c4c5ccccc5c(-c5c6ccccc6c(-c6ccc7ccccc7c6)c6ccccc56)c5ccccc45)c4ccccc34)c3ccccc23)cc1. The van der Waals surface area contributed by atoms with Gasteiger partial charge in [0.05, 0.1) is 0 Å². The molecule has 17 rings (SSSR count). The van der Waals surface area contributed by atoms with Crippen LogP contribution in [0.1, 0.15) is 0 Å². The second-order valence-corrected chi connectivity index (χ2v) is 22.0. The molecule has 0 heteroatoms. The van der Waals surface area contributed by atoms with Crippen molar-refractivity contribution >= 4 is 108 Å². The van der Waals surface area contributed by atoms with Crippen molar-refractivity contribution in [2.45, 2.75) is 0 Å². The lowest BCUT2D eigenvalue weighted by Gasteiger charge is -2.25. The predicted molar refractivity (Wildman–Crippen MR) is 354 cm³/mol. The molecule has 0 amide bonds. The molecule has 0 N–H and O–H groups in total. The molecule has 0 saturated carbocycles. The number of rotatable bonds is 6. The number of hydrogen-bond donors (Lipinski definition) is 0. The van der Waals surface area contributed by atoms with Gasteiger partial charge in [0.25, 0.3) is 0 Å². The second kappa shape index (κ2) is 18.5. The molecule has 0 unspecified atom stereocenters. The van der Waals surface area contributed by atoms with Crippen LogP contribution in [-0.2, 0) is 0 Å². The second-order valence-electron chi connectivity index (χ2n) is 22.0. The number of fused-ring (bicyclic) bond motifs is 10. The molecule has 0 saturated heterocycles. The van der Waals surface area contributed by atoms with Gasteiger partial charge in [-0.2, -0.15) is 0 Å². The minimum Gasteiger partial charge on any atom is -0.0622 e. The molecule has 0 heterocycles. The largest absolute Gasteiger partial charge is 0.0622 e. The lowest BCUT2D eigenvalue weighted by Crippen LogP contribution is -1.97. The van der Waals surface area contributed by atoms with Crippen molar-refractivity contribution in [1.82, 2.24) is 0 Å². The Bertz CT molecular complexity index is 5280. The Hall–Kier alpha value is -10.7. The fourth-order valence-corrected chi connectivity index (χ4v) is 14.4. The van der Waals surface area contributed by atoms with Gasteiger partial charge in [0.15, 0.2) is 0 Å². The predicted octanol–water partition coefficient (Wildman–Crippen LogP) is 23.2. The van der Waals surface area contributed by atoms with Crippen LogP contribution < -0.4 is 0 Å². The maximum Gasteiger partial charge on any atom is -0.00139 e. The van der Waals surface area contributed by atoms with Crippen LogP contribution in [-0.4, -0.2) is 0 Å². The van der Waals surface area contributed by atoms with Crippen molar-refractivity contribution in [2.24, 2.45) is 0 Å². The molecular formula is C82H50. The molecule has 0 nitrogen and oxygen atoms in total. The maximum atomic E-state index is 2.43. The maximum absolute atomic E-state index is 2.43. The molecule has 0 aliphatic carbocycles. The highest BCUT2D eigenvalue weighted by Crippen LogP contribution is 2.55. The molecular weight excluding hydrogens is 985 g/mol. The third kappa shape index (κ3) is 6.92. The smallest absolute Gasteiger partial charge is 0.00139 e. The average molecular weight is 1040 g/mol. The van der Waals surface area contributed by atoms with Crippen molar-refractivity contribution in [3.63, 3.8) is 0 Å². The molecule has 0 aliphatic heterocycles. The molecule has 17 aromatic rings.